The average molecular weight is 232 g/mol. The second-order valence-electron chi connectivity index (χ2n) is 3.11. The molecule has 0 aromatic heterocycles. The Morgan fingerprint density at radius 1 is 1.47 bits per heavy atom. The van der Waals surface area contributed by atoms with Gasteiger partial charge in [-0.25, -0.2) is 0 Å². The van der Waals surface area contributed by atoms with Crippen molar-refractivity contribution in [2.24, 2.45) is 5.73 Å². The van der Waals surface area contributed by atoms with E-state index in [2.05, 4.69) is 0 Å². The van der Waals surface area contributed by atoms with Crippen molar-refractivity contribution < 1.29 is 14.9 Å². The first-order valence-electron chi connectivity index (χ1n) is 4.50. The van der Waals surface area contributed by atoms with Crippen LogP contribution >= 0.6 is 11.6 Å². The zero-order valence-electron chi connectivity index (χ0n) is 8.35. The van der Waals surface area contributed by atoms with Crippen molar-refractivity contribution >= 4 is 11.6 Å². The number of hydrogen-bond donors (Lipinski definition) is 3. The van der Waals surface area contributed by atoms with Crippen molar-refractivity contribution in [2.75, 3.05) is 13.7 Å². The maximum Gasteiger partial charge on any atom is 0.137 e. The van der Waals surface area contributed by atoms with Crippen molar-refractivity contribution in [3.8, 4) is 5.75 Å². The van der Waals surface area contributed by atoms with Gasteiger partial charge in [-0.2, -0.15) is 0 Å². The third kappa shape index (κ3) is 2.60. The Balaban J connectivity index is 3.03. The molecule has 1 aromatic carbocycles. The summed E-state index contributed by atoms with van der Waals surface area (Å²) in [4.78, 5) is 0. The van der Waals surface area contributed by atoms with Crippen LogP contribution in [0.25, 0.3) is 0 Å². The molecule has 0 heterocycles. The van der Waals surface area contributed by atoms with Gasteiger partial charge in [-0.05, 0) is 6.07 Å². The van der Waals surface area contributed by atoms with Crippen LogP contribution in [0.5, 0.6) is 5.75 Å². The molecule has 4 N–H and O–H groups in total. The van der Waals surface area contributed by atoms with Crippen LogP contribution in [0.1, 0.15) is 11.7 Å². The molecule has 5 heteroatoms. The summed E-state index contributed by atoms with van der Waals surface area (Å²) in [5, 5.41) is 19.4. The molecule has 4 nitrogen and oxygen atoms in total. The largest absolute Gasteiger partial charge is 0.495 e. The van der Waals surface area contributed by atoms with Crippen molar-refractivity contribution in [2.45, 2.75) is 12.2 Å². The van der Waals surface area contributed by atoms with Crippen LogP contribution in [-0.2, 0) is 0 Å². The Bertz CT molecular complexity index is 332. The number of nitrogens with two attached hydrogens (primary N) is 1. The molecule has 0 aliphatic heterocycles. The molecular formula is C10H14ClNO3. The summed E-state index contributed by atoms with van der Waals surface area (Å²) < 4.78 is 4.99. The van der Waals surface area contributed by atoms with Crippen molar-refractivity contribution in [3.05, 3.63) is 28.8 Å². The third-order valence-electron chi connectivity index (χ3n) is 2.14. The van der Waals surface area contributed by atoms with Gasteiger partial charge in [0.05, 0.1) is 18.2 Å². The van der Waals surface area contributed by atoms with E-state index in [1.54, 1.807) is 18.2 Å². The van der Waals surface area contributed by atoms with Crippen LogP contribution in [0, 0.1) is 0 Å². The summed E-state index contributed by atoms with van der Waals surface area (Å²) in [5.74, 6) is 0.456. The molecule has 0 fully saturated rings. The molecule has 0 aliphatic carbocycles. The zero-order valence-corrected chi connectivity index (χ0v) is 9.11. The summed E-state index contributed by atoms with van der Waals surface area (Å²) >= 11 is 5.97. The highest BCUT2D eigenvalue weighted by molar-refractivity contribution is 6.32. The van der Waals surface area contributed by atoms with E-state index in [9.17, 15) is 10.2 Å². The van der Waals surface area contributed by atoms with Gasteiger partial charge in [0.2, 0.25) is 0 Å². The molecule has 15 heavy (non-hydrogen) atoms. The number of rotatable bonds is 4. The van der Waals surface area contributed by atoms with Gasteiger partial charge in [0.1, 0.15) is 11.9 Å². The Labute approximate surface area is 93.2 Å². The summed E-state index contributed by atoms with van der Waals surface area (Å²) in [7, 11) is 1.48. The van der Waals surface area contributed by atoms with Crippen LogP contribution in [0.15, 0.2) is 18.2 Å². The molecule has 0 saturated heterocycles. The highest BCUT2D eigenvalue weighted by Gasteiger charge is 2.20. The van der Waals surface area contributed by atoms with Crippen molar-refractivity contribution in [1.82, 2.24) is 0 Å². The van der Waals surface area contributed by atoms with E-state index in [1.807, 2.05) is 0 Å². The normalized spacial score (nSPS) is 14.7. The van der Waals surface area contributed by atoms with E-state index in [0.29, 0.717) is 16.3 Å². The highest BCUT2D eigenvalue weighted by Crippen LogP contribution is 2.32. The van der Waals surface area contributed by atoms with E-state index >= 15 is 0 Å². The molecule has 0 aliphatic rings. The lowest BCUT2D eigenvalue weighted by atomic mass is 10.0. The van der Waals surface area contributed by atoms with Crippen LogP contribution in [-0.4, -0.2) is 30.0 Å². The topological polar surface area (TPSA) is 75.7 Å². The lowest BCUT2D eigenvalue weighted by Gasteiger charge is -2.18. The molecule has 84 valence electrons. The van der Waals surface area contributed by atoms with Crippen LogP contribution in [0.2, 0.25) is 5.02 Å². The first-order chi connectivity index (χ1) is 7.11. The van der Waals surface area contributed by atoms with Gasteiger partial charge < -0.3 is 20.7 Å². The highest BCUT2D eigenvalue weighted by atomic mass is 35.5. The van der Waals surface area contributed by atoms with Gasteiger partial charge in [0.15, 0.2) is 0 Å². The Hall–Kier alpha value is -0.810. The molecule has 2 unspecified atom stereocenters. The smallest absolute Gasteiger partial charge is 0.137 e. The summed E-state index contributed by atoms with van der Waals surface area (Å²) in [6.45, 7) is -0.0330. The Morgan fingerprint density at radius 2 is 2.13 bits per heavy atom. The van der Waals surface area contributed by atoms with Gasteiger partial charge in [0.25, 0.3) is 0 Å². The number of aliphatic hydroxyl groups is 2. The molecule has 0 spiro atoms. The van der Waals surface area contributed by atoms with Gasteiger partial charge in [-0.1, -0.05) is 23.7 Å². The fraction of sp³-hybridized carbons (Fsp3) is 0.400. The maximum absolute atomic E-state index is 9.72. The summed E-state index contributed by atoms with van der Waals surface area (Å²) in [6.07, 6.45) is -2.13. The zero-order chi connectivity index (χ0) is 11.4. The first-order valence-corrected chi connectivity index (χ1v) is 4.88. The van der Waals surface area contributed by atoms with E-state index in [-0.39, 0.29) is 6.54 Å². The van der Waals surface area contributed by atoms with E-state index in [4.69, 9.17) is 22.1 Å². The summed E-state index contributed by atoms with van der Waals surface area (Å²) in [6, 6.07) is 4.98. The second kappa shape index (κ2) is 5.32. The fourth-order valence-corrected chi connectivity index (χ4v) is 1.56. The van der Waals surface area contributed by atoms with Crippen molar-refractivity contribution in [1.29, 1.82) is 0 Å². The van der Waals surface area contributed by atoms with E-state index in [1.165, 1.54) is 7.11 Å². The lowest BCUT2D eigenvalue weighted by Crippen LogP contribution is -2.27. The number of methoxy groups -OCH3 is 1. The predicted octanol–water partition coefficient (Wildman–Crippen LogP) is 0.702. The van der Waals surface area contributed by atoms with Gasteiger partial charge in [0, 0.05) is 12.1 Å². The SMILES string of the molecule is COc1cccc(C(O)C(O)CN)c1Cl. The Kier molecular flexibility index (Phi) is 4.35. The van der Waals surface area contributed by atoms with Crippen LogP contribution in [0.4, 0.5) is 0 Å². The number of ether oxygens (including phenoxy) is 1. The van der Waals surface area contributed by atoms with Crippen molar-refractivity contribution in [3.63, 3.8) is 0 Å². The number of halogens is 1. The predicted molar refractivity (Wildman–Crippen MR) is 58.0 cm³/mol. The molecule has 0 saturated carbocycles. The van der Waals surface area contributed by atoms with Gasteiger partial charge in [-0.3, -0.25) is 0 Å². The molecule has 1 aromatic rings. The lowest BCUT2D eigenvalue weighted by molar-refractivity contribution is 0.0243. The molecule has 1 rings (SSSR count). The molecule has 0 amide bonds. The van der Waals surface area contributed by atoms with Crippen LogP contribution in [0.3, 0.4) is 0 Å². The number of hydrogen-bond acceptors (Lipinski definition) is 4. The molecular weight excluding hydrogens is 218 g/mol. The van der Waals surface area contributed by atoms with Gasteiger partial charge >= 0.3 is 0 Å². The minimum absolute atomic E-state index is 0.0330. The molecule has 2 atom stereocenters. The minimum Gasteiger partial charge on any atom is -0.495 e. The second-order valence-corrected chi connectivity index (χ2v) is 3.49. The number of aliphatic hydroxyl groups excluding tert-OH is 2. The standard InChI is InChI=1S/C10H14ClNO3/c1-15-8-4-2-3-6(9(8)11)10(14)7(13)5-12/h2-4,7,10,13-14H,5,12H2,1H3. The molecule has 0 radical (unpaired) electrons. The third-order valence-corrected chi connectivity index (χ3v) is 2.54. The minimum atomic E-state index is -1.10. The average Bonchev–Trinajstić information content (AvgIpc) is 2.27. The monoisotopic (exact) mass is 231 g/mol. The number of benzene rings is 1. The maximum atomic E-state index is 9.72. The quantitative estimate of drug-likeness (QED) is 0.713. The summed E-state index contributed by atoms with van der Waals surface area (Å²) in [5.41, 5.74) is 5.66. The Morgan fingerprint density at radius 3 is 2.67 bits per heavy atom. The van der Waals surface area contributed by atoms with E-state index < -0.39 is 12.2 Å². The molecule has 0 bridgehead atoms. The first kappa shape index (κ1) is 12.3. The fourth-order valence-electron chi connectivity index (χ4n) is 1.25. The van der Waals surface area contributed by atoms with Crippen LogP contribution < -0.4 is 10.5 Å². The van der Waals surface area contributed by atoms with E-state index in [0.717, 1.165) is 0 Å². The van der Waals surface area contributed by atoms with Gasteiger partial charge in [-0.15, -0.1) is 0 Å².